The van der Waals surface area contributed by atoms with Crippen LogP contribution < -0.4 is 14.9 Å². The lowest BCUT2D eigenvalue weighted by molar-refractivity contribution is -0.353. The average Bonchev–Trinajstić information content (AvgIpc) is 3.02. The second-order valence-corrected chi connectivity index (χ2v) is 10.5. The fourth-order valence-electron chi connectivity index (χ4n) is 5.08. The Balaban J connectivity index is 1.53. The number of aliphatic hydroxyl groups is 6. The van der Waals surface area contributed by atoms with Crippen molar-refractivity contribution in [3.05, 3.63) is 40.6 Å². The highest BCUT2D eigenvalue weighted by Crippen LogP contribution is 2.44. The normalized spacial score (nSPS) is 31.5. The fourth-order valence-corrected chi connectivity index (χ4v) is 5.08. The Morgan fingerprint density at radius 1 is 0.870 bits per heavy atom. The molecule has 10 N–H and O–H groups in total. The first-order valence-corrected chi connectivity index (χ1v) is 13.5. The molecule has 0 spiro atoms. The SMILES string of the molecule is COc1cc2oc(-c3ccc(O)c(O)c3)cc(=O)c2c(O)c1O[C@@H]1O[C@H](CO)[C@@H](O)[C@H](O)[C@H]1O[C@@H]1O[C@H](C(=O)O)[C@@H](O)[C@H](O)[C@H]1O. The van der Waals surface area contributed by atoms with Crippen LogP contribution in [0.1, 0.15) is 0 Å². The van der Waals surface area contributed by atoms with Gasteiger partial charge in [0.05, 0.1) is 13.7 Å². The lowest BCUT2D eigenvalue weighted by atomic mass is 9.97. The molecule has 2 saturated heterocycles. The van der Waals surface area contributed by atoms with Crippen molar-refractivity contribution >= 4 is 16.9 Å². The molecule has 0 radical (unpaired) electrons. The molecule has 0 amide bonds. The number of hydrogen-bond donors (Lipinski definition) is 10. The molecule has 18 nitrogen and oxygen atoms in total. The maximum Gasteiger partial charge on any atom is 0.335 e. The largest absolute Gasteiger partial charge is 0.504 e. The molecule has 5 rings (SSSR count). The number of carboxylic acids is 1. The summed E-state index contributed by atoms with van der Waals surface area (Å²) >= 11 is 0. The zero-order chi connectivity index (χ0) is 33.6. The number of aliphatic carboxylic acids is 1. The highest BCUT2D eigenvalue weighted by molar-refractivity contribution is 5.89. The molecule has 10 atom stereocenters. The topological polar surface area (TPSA) is 296 Å². The second kappa shape index (κ2) is 12.9. The minimum Gasteiger partial charge on any atom is -0.504 e. The first-order chi connectivity index (χ1) is 21.8. The van der Waals surface area contributed by atoms with E-state index in [2.05, 4.69) is 0 Å². The molecule has 2 aliphatic rings. The van der Waals surface area contributed by atoms with Crippen LogP contribution in [0.5, 0.6) is 28.7 Å². The third kappa shape index (κ3) is 5.88. The lowest BCUT2D eigenvalue weighted by Crippen LogP contribution is -2.65. The minimum absolute atomic E-state index is 0.0621. The Morgan fingerprint density at radius 2 is 1.59 bits per heavy atom. The first-order valence-electron chi connectivity index (χ1n) is 13.5. The number of carboxylic acid groups (broad SMARTS) is 1. The van der Waals surface area contributed by atoms with Gasteiger partial charge in [-0.05, 0) is 18.2 Å². The number of aromatic hydroxyl groups is 3. The predicted octanol–water partition coefficient (Wildman–Crippen LogP) is -2.32. The molecule has 2 fully saturated rings. The number of methoxy groups -OCH3 is 1. The number of phenols is 3. The fraction of sp³-hybridized carbons (Fsp3) is 0.429. The summed E-state index contributed by atoms with van der Waals surface area (Å²) in [4.78, 5) is 24.7. The highest BCUT2D eigenvalue weighted by Gasteiger charge is 2.53. The van der Waals surface area contributed by atoms with Crippen LogP contribution in [0.25, 0.3) is 22.3 Å². The van der Waals surface area contributed by atoms with Crippen molar-refractivity contribution in [2.45, 2.75) is 61.4 Å². The smallest absolute Gasteiger partial charge is 0.335 e. The zero-order valence-electron chi connectivity index (χ0n) is 23.6. The number of hydrogen-bond acceptors (Lipinski definition) is 17. The Hall–Kier alpha value is -4.24. The van der Waals surface area contributed by atoms with E-state index in [-0.39, 0.29) is 22.7 Å². The Labute approximate surface area is 257 Å². The van der Waals surface area contributed by atoms with Gasteiger partial charge in [-0.2, -0.15) is 0 Å². The van der Waals surface area contributed by atoms with Crippen molar-refractivity contribution in [3.63, 3.8) is 0 Å². The van der Waals surface area contributed by atoms with Crippen molar-refractivity contribution < 1.29 is 84.0 Å². The van der Waals surface area contributed by atoms with E-state index in [9.17, 15) is 60.7 Å². The van der Waals surface area contributed by atoms with Gasteiger partial charge in [0.1, 0.15) is 53.4 Å². The number of ether oxygens (including phenoxy) is 5. The van der Waals surface area contributed by atoms with Crippen LogP contribution >= 0.6 is 0 Å². The summed E-state index contributed by atoms with van der Waals surface area (Å²) in [6.45, 7) is -0.862. The summed E-state index contributed by atoms with van der Waals surface area (Å²) in [6.07, 6.45) is -19.6. The lowest BCUT2D eigenvalue weighted by Gasteiger charge is -2.45. The number of rotatable bonds is 8. The van der Waals surface area contributed by atoms with Gasteiger partial charge in [0.15, 0.2) is 46.9 Å². The van der Waals surface area contributed by atoms with Crippen LogP contribution in [0.3, 0.4) is 0 Å². The summed E-state index contributed by atoms with van der Waals surface area (Å²) in [6, 6.07) is 5.79. The second-order valence-electron chi connectivity index (χ2n) is 10.5. The van der Waals surface area contributed by atoms with Gasteiger partial charge in [-0.3, -0.25) is 4.79 Å². The van der Waals surface area contributed by atoms with E-state index < -0.39 is 108 Å². The maximum atomic E-state index is 13.2. The van der Waals surface area contributed by atoms with Crippen molar-refractivity contribution in [1.29, 1.82) is 0 Å². The standard InChI is InChI=1S/C28H30O18/c1-41-14-6-13-16(11(32)5-12(42-13)8-2-3-9(30)10(31)4-8)18(34)23(14)44-28-25(20(36)17(33)15(7-29)43-28)46-27-22(38)19(35)21(37)24(45-27)26(39)40/h2-6,15,17,19-22,24-25,27-31,33-38H,7H2,1H3,(H,39,40)/t15-,17-,19+,20+,21+,22-,24+,25-,27+,28+/m1/s1. The van der Waals surface area contributed by atoms with Gasteiger partial charge in [0.25, 0.3) is 0 Å². The van der Waals surface area contributed by atoms with E-state index in [0.717, 1.165) is 25.3 Å². The average molecular weight is 655 g/mol. The number of phenolic OH excluding ortho intramolecular Hbond substituents is 3. The molecule has 3 aromatic rings. The van der Waals surface area contributed by atoms with Gasteiger partial charge in [-0.25, -0.2) is 4.79 Å². The predicted molar refractivity (Wildman–Crippen MR) is 147 cm³/mol. The molecule has 0 bridgehead atoms. The van der Waals surface area contributed by atoms with Crippen LogP contribution in [0.2, 0.25) is 0 Å². The summed E-state index contributed by atoms with van der Waals surface area (Å²) in [5.41, 5.74) is -0.828. The number of benzene rings is 2. The van der Waals surface area contributed by atoms with Gasteiger partial charge in [-0.1, -0.05) is 0 Å². The molecule has 1 aromatic heterocycles. The summed E-state index contributed by atoms with van der Waals surface area (Å²) in [5, 5.41) is 101. The number of carbonyl (C=O) groups is 1. The van der Waals surface area contributed by atoms with Crippen LogP contribution in [0, 0.1) is 0 Å². The Morgan fingerprint density at radius 3 is 2.22 bits per heavy atom. The molecule has 46 heavy (non-hydrogen) atoms. The quantitative estimate of drug-likeness (QED) is 0.114. The summed E-state index contributed by atoms with van der Waals surface area (Å²) in [5.74, 6) is -4.41. The molecule has 0 unspecified atom stereocenters. The van der Waals surface area contributed by atoms with Crippen molar-refractivity contribution in [3.8, 4) is 40.1 Å². The number of fused-ring (bicyclic) bond motifs is 1. The van der Waals surface area contributed by atoms with Crippen molar-refractivity contribution in [1.82, 2.24) is 0 Å². The van der Waals surface area contributed by atoms with Gasteiger partial charge in [0, 0.05) is 17.7 Å². The van der Waals surface area contributed by atoms with E-state index in [4.69, 9.17) is 28.1 Å². The molecule has 18 heteroatoms. The molecule has 2 aliphatic heterocycles. The summed E-state index contributed by atoms with van der Waals surface area (Å²) < 4.78 is 33.0. The Bertz CT molecular complexity index is 1660. The molecule has 0 aliphatic carbocycles. The van der Waals surface area contributed by atoms with Gasteiger partial charge in [-0.15, -0.1) is 0 Å². The molecule has 2 aromatic carbocycles. The van der Waals surface area contributed by atoms with Crippen LogP contribution in [0.4, 0.5) is 0 Å². The summed E-state index contributed by atoms with van der Waals surface area (Å²) in [7, 11) is 1.16. The third-order valence-electron chi connectivity index (χ3n) is 7.56. The molecule has 0 saturated carbocycles. The van der Waals surface area contributed by atoms with Gasteiger partial charge >= 0.3 is 5.97 Å². The van der Waals surface area contributed by atoms with Gasteiger partial charge in [0.2, 0.25) is 12.0 Å². The van der Waals surface area contributed by atoms with E-state index in [0.29, 0.717) is 0 Å². The zero-order valence-corrected chi connectivity index (χ0v) is 23.6. The molecule has 250 valence electrons. The van der Waals surface area contributed by atoms with E-state index in [1.807, 2.05) is 0 Å². The van der Waals surface area contributed by atoms with E-state index in [1.54, 1.807) is 0 Å². The molecule has 3 heterocycles. The van der Waals surface area contributed by atoms with Gasteiger partial charge < -0.3 is 79.2 Å². The Kier molecular flexibility index (Phi) is 9.27. The monoisotopic (exact) mass is 654 g/mol. The molecular formula is C28H30O18. The van der Waals surface area contributed by atoms with Crippen molar-refractivity contribution in [2.24, 2.45) is 0 Å². The number of aliphatic hydroxyl groups excluding tert-OH is 6. The highest BCUT2D eigenvalue weighted by atomic mass is 16.8. The first kappa shape index (κ1) is 33.1. The molecular weight excluding hydrogens is 624 g/mol. The maximum absolute atomic E-state index is 13.2. The van der Waals surface area contributed by atoms with E-state index in [1.165, 1.54) is 12.1 Å². The van der Waals surface area contributed by atoms with E-state index >= 15 is 0 Å². The third-order valence-corrected chi connectivity index (χ3v) is 7.56. The van der Waals surface area contributed by atoms with Crippen LogP contribution in [0.15, 0.2) is 39.5 Å². The van der Waals surface area contributed by atoms with Crippen molar-refractivity contribution in [2.75, 3.05) is 13.7 Å². The van der Waals surface area contributed by atoms with Crippen LogP contribution in [-0.4, -0.2) is 132 Å². The minimum atomic E-state index is -2.09. The van der Waals surface area contributed by atoms with Crippen LogP contribution in [-0.2, 0) is 19.0 Å².